The first kappa shape index (κ1) is 13.2. The molecular weight excluding hydrogens is 261 g/mol. The van der Waals surface area contributed by atoms with Crippen molar-refractivity contribution in [3.63, 3.8) is 0 Å². The predicted molar refractivity (Wildman–Crippen MR) is 61.0 cm³/mol. The molecule has 2 rings (SSSR count). The molecule has 1 heterocycles. The van der Waals surface area contributed by atoms with Crippen LogP contribution in [0.3, 0.4) is 0 Å². The first-order chi connectivity index (χ1) is 8.89. The van der Waals surface area contributed by atoms with E-state index in [1.807, 2.05) is 0 Å². The molecule has 100 valence electrons. The number of hydrogen-bond donors (Lipinski definition) is 0. The van der Waals surface area contributed by atoms with Crippen molar-refractivity contribution in [2.24, 2.45) is 0 Å². The Morgan fingerprint density at radius 3 is 2.47 bits per heavy atom. The number of hydrogen-bond acceptors (Lipinski definition) is 3. The lowest BCUT2D eigenvalue weighted by Gasteiger charge is -2.10. The van der Waals surface area contributed by atoms with E-state index in [0.717, 1.165) is 0 Å². The number of rotatable bonds is 3. The number of aryl methyl sites for hydroxylation is 1. The number of alkyl halides is 3. The summed E-state index contributed by atoms with van der Waals surface area (Å²) in [5.41, 5.74) is 1.15. The summed E-state index contributed by atoms with van der Waals surface area (Å²) in [6.45, 7) is 1.63. The van der Waals surface area contributed by atoms with Crippen LogP contribution in [0.2, 0.25) is 0 Å². The van der Waals surface area contributed by atoms with Gasteiger partial charge in [0.2, 0.25) is 0 Å². The summed E-state index contributed by atoms with van der Waals surface area (Å²) in [5, 5.41) is 0. The van der Waals surface area contributed by atoms with Crippen LogP contribution in [0.15, 0.2) is 34.7 Å². The zero-order chi connectivity index (χ0) is 14.0. The summed E-state index contributed by atoms with van der Waals surface area (Å²) >= 11 is 0. The van der Waals surface area contributed by atoms with E-state index in [0.29, 0.717) is 23.2 Å². The Bertz CT molecular complexity index is 599. The average Bonchev–Trinajstić information content (AvgIpc) is 2.75. The molecule has 0 amide bonds. The van der Waals surface area contributed by atoms with Crippen LogP contribution >= 0.6 is 0 Å². The number of halogens is 3. The van der Waals surface area contributed by atoms with Crippen LogP contribution in [-0.4, -0.2) is 12.6 Å². The topological polar surface area (TPSA) is 39.4 Å². The Hall–Kier alpha value is -2.24. The van der Waals surface area contributed by atoms with Crippen molar-refractivity contribution >= 4 is 6.29 Å². The third-order valence-electron chi connectivity index (χ3n) is 2.44. The molecule has 0 aliphatic heterocycles. The summed E-state index contributed by atoms with van der Waals surface area (Å²) in [7, 11) is 0. The molecule has 0 aliphatic rings. The molecule has 2 aromatic rings. The van der Waals surface area contributed by atoms with E-state index >= 15 is 0 Å². The quantitative estimate of drug-likeness (QED) is 0.792. The molecule has 0 unspecified atom stereocenters. The van der Waals surface area contributed by atoms with Crippen LogP contribution in [0, 0.1) is 6.92 Å². The molecule has 0 saturated heterocycles. The standard InChI is InChI=1S/C13H9F3O3/c1-8-6-9(19-13(14,15)16)2-4-11(8)12-5-3-10(7-17)18-12/h2-7H,1H3. The number of carbonyl (C=O) groups is 1. The highest BCUT2D eigenvalue weighted by Crippen LogP contribution is 2.30. The van der Waals surface area contributed by atoms with Crippen LogP contribution in [0.25, 0.3) is 11.3 Å². The van der Waals surface area contributed by atoms with Crippen molar-refractivity contribution in [3.05, 3.63) is 41.7 Å². The van der Waals surface area contributed by atoms with Gasteiger partial charge in [-0.25, -0.2) is 0 Å². The van der Waals surface area contributed by atoms with E-state index in [2.05, 4.69) is 4.74 Å². The summed E-state index contributed by atoms with van der Waals surface area (Å²) in [4.78, 5) is 10.5. The first-order valence-electron chi connectivity index (χ1n) is 5.31. The molecule has 6 heteroatoms. The maximum atomic E-state index is 12.1. The van der Waals surface area contributed by atoms with E-state index < -0.39 is 6.36 Å². The summed E-state index contributed by atoms with van der Waals surface area (Å²) in [5.74, 6) is 0.277. The van der Waals surface area contributed by atoms with E-state index in [1.165, 1.54) is 24.3 Å². The molecule has 0 saturated carbocycles. The van der Waals surface area contributed by atoms with Gasteiger partial charge in [-0.2, -0.15) is 0 Å². The van der Waals surface area contributed by atoms with Crippen LogP contribution < -0.4 is 4.74 Å². The molecule has 0 bridgehead atoms. The van der Waals surface area contributed by atoms with Gasteiger partial charge in [0.1, 0.15) is 11.5 Å². The highest BCUT2D eigenvalue weighted by atomic mass is 19.4. The molecule has 0 aliphatic carbocycles. The number of aldehydes is 1. The van der Waals surface area contributed by atoms with Crippen molar-refractivity contribution in [2.45, 2.75) is 13.3 Å². The Morgan fingerprint density at radius 1 is 1.21 bits per heavy atom. The number of furan rings is 1. The van der Waals surface area contributed by atoms with Crippen molar-refractivity contribution in [1.82, 2.24) is 0 Å². The molecule has 1 aromatic heterocycles. The van der Waals surface area contributed by atoms with Crippen molar-refractivity contribution in [3.8, 4) is 17.1 Å². The highest BCUT2D eigenvalue weighted by Gasteiger charge is 2.31. The lowest BCUT2D eigenvalue weighted by Crippen LogP contribution is -2.17. The fraction of sp³-hybridized carbons (Fsp3) is 0.154. The van der Waals surface area contributed by atoms with Crippen LogP contribution in [-0.2, 0) is 0 Å². The smallest absolute Gasteiger partial charge is 0.453 e. The minimum Gasteiger partial charge on any atom is -0.453 e. The zero-order valence-electron chi connectivity index (χ0n) is 9.82. The van der Waals surface area contributed by atoms with Gasteiger partial charge in [-0.3, -0.25) is 4.79 Å². The Labute approximate surface area is 106 Å². The van der Waals surface area contributed by atoms with Crippen molar-refractivity contribution in [1.29, 1.82) is 0 Å². The van der Waals surface area contributed by atoms with Gasteiger partial charge in [0, 0.05) is 5.56 Å². The third kappa shape index (κ3) is 3.15. The fourth-order valence-electron chi connectivity index (χ4n) is 1.67. The summed E-state index contributed by atoms with van der Waals surface area (Å²) in [6.07, 6.45) is -4.16. The summed E-state index contributed by atoms with van der Waals surface area (Å²) in [6, 6.07) is 6.97. The van der Waals surface area contributed by atoms with Gasteiger partial charge in [-0.05, 0) is 42.8 Å². The SMILES string of the molecule is Cc1cc(OC(F)(F)F)ccc1-c1ccc(C=O)o1. The van der Waals surface area contributed by atoms with E-state index in [9.17, 15) is 18.0 Å². The Kier molecular flexibility index (Phi) is 3.33. The fourth-order valence-corrected chi connectivity index (χ4v) is 1.67. The Balaban J connectivity index is 2.31. The first-order valence-corrected chi connectivity index (χ1v) is 5.31. The molecule has 1 aromatic carbocycles. The molecular formula is C13H9F3O3. The van der Waals surface area contributed by atoms with Crippen molar-refractivity contribution in [2.75, 3.05) is 0 Å². The lowest BCUT2D eigenvalue weighted by atomic mass is 10.1. The minimum absolute atomic E-state index is 0.157. The van der Waals surface area contributed by atoms with Gasteiger partial charge in [-0.1, -0.05) is 0 Å². The molecule has 0 fully saturated rings. The molecule has 19 heavy (non-hydrogen) atoms. The molecule has 0 spiro atoms. The molecule has 0 atom stereocenters. The molecule has 0 N–H and O–H groups in total. The normalized spacial score (nSPS) is 11.4. The van der Waals surface area contributed by atoms with Gasteiger partial charge in [0.15, 0.2) is 12.0 Å². The van der Waals surface area contributed by atoms with Crippen molar-refractivity contribution < 1.29 is 27.1 Å². The number of ether oxygens (including phenoxy) is 1. The predicted octanol–water partition coefficient (Wildman–Crippen LogP) is 3.97. The Morgan fingerprint density at radius 2 is 1.95 bits per heavy atom. The molecule has 3 nitrogen and oxygen atoms in total. The largest absolute Gasteiger partial charge is 0.573 e. The second-order valence-electron chi connectivity index (χ2n) is 3.84. The van der Waals surface area contributed by atoms with Gasteiger partial charge >= 0.3 is 6.36 Å². The van der Waals surface area contributed by atoms with E-state index in [-0.39, 0.29) is 11.5 Å². The van der Waals surface area contributed by atoms with Gasteiger partial charge in [0.05, 0.1) is 0 Å². The minimum atomic E-state index is -4.72. The second-order valence-corrected chi connectivity index (χ2v) is 3.84. The van der Waals surface area contributed by atoms with E-state index in [1.54, 1.807) is 13.0 Å². The number of carbonyl (C=O) groups excluding carboxylic acids is 1. The maximum absolute atomic E-state index is 12.1. The second kappa shape index (κ2) is 4.79. The zero-order valence-corrected chi connectivity index (χ0v) is 9.82. The maximum Gasteiger partial charge on any atom is 0.573 e. The van der Waals surface area contributed by atoms with Crippen LogP contribution in [0.4, 0.5) is 13.2 Å². The number of benzene rings is 1. The average molecular weight is 270 g/mol. The van der Waals surface area contributed by atoms with Crippen LogP contribution in [0.1, 0.15) is 16.1 Å². The molecule has 0 radical (unpaired) electrons. The van der Waals surface area contributed by atoms with Gasteiger partial charge in [0.25, 0.3) is 0 Å². The van der Waals surface area contributed by atoms with E-state index in [4.69, 9.17) is 4.42 Å². The highest BCUT2D eigenvalue weighted by molar-refractivity contribution is 5.73. The monoisotopic (exact) mass is 270 g/mol. The third-order valence-corrected chi connectivity index (χ3v) is 2.44. The van der Waals surface area contributed by atoms with Crippen LogP contribution in [0.5, 0.6) is 5.75 Å². The lowest BCUT2D eigenvalue weighted by molar-refractivity contribution is -0.274. The summed E-state index contributed by atoms with van der Waals surface area (Å²) < 4.78 is 45.2. The van der Waals surface area contributed by atoms with Gasteiger partial charge in [-0.15, -0.1) is 13.2 Å². The van der Waals surface area contributed by atoms with Gasteiger partial charge < -0.3 is 9.15 Å².